The predicted molar refractivity (Wildman–Crippen MR) is 129 cm³/mol. The Morgan fingerprint density at radius 2 is 1.65 bits per heavy atom. The second-order valence-corrected chi connectivity index (χ2v) is 8.45. The Hall–Kier alpha value is -4.18. The van der Waals surface area contributed by atoms with Crippen LogP contribution in [0.4, 0.5) is 17.1 Å². The van der Waals surface area contributed by atoms with E-state index in [0.29, 0.717) is 17.8 Å². The van der Waals surface area contributed by atoms with Crippen LogP contribution in [0.3, 0.4) is 0 Å². The summed E-state index contributed by atoms with van der Waals surface area (Å²) < 4.78 is 0. The lowest BCUT2D eigenvalue weighted by molar-refractivity contribution is -0.384. The monoisotopic (exact) mass is 479 g/mol. The highest BCUT2D eigenvalue weighted by Crippen LogP contribution is 2.29. The number of nitrogens with zero attached hydrogens (tertiary/aromatic N) is 1. The number of thioether (sulfide) groups is 1. The molecule has 3 aromatic rings. The Kier molecular flexibility index (Phi) is 7.99. The number of carbonyl (C=O) groups is 3. The highest BCUT2D eigenvalue weighted by molar-refractivity contribution is 8.00. The van der Waals surface area contributed by atoms with Crippen molar-refractivity contribution in [3.05, 3.63) is 94.0 Å². The molecule has 0 saturated carbocycles. The molecule has 0 aliphatic rings. The molecule has 10 heteroatoms. The van der Waals surface area contributed by atoms with Crippen LogP contribution >= 0.6 is 11.8 Å². The topological polar surface area (TPSA) is 139 Å². The van der Waals surface area contributed by atoms with Gasteiger partial charge in [0.05, 0.1) is 15.7 Å². The molecule has 3 N–H and O–H groups in total. The molecule has 0 spiro atoms. The quantitative estimate of drug-likeness (QED) is 0.222. The Morgan fingerprint density at radius 3 is 2.29 bits per heavy atom. The standard InChI is InChI=1S/C24H21N3O6S/c1-2-21(23(29)25-17-11-9-15(10-12-17)24(30)31)34-20-8-4-6-18(14-20)26-22(28)16-5-3-7-19(13-16)27(32)33/h3-14,21H,2H2,1H3,(H,25,29)(H,26,28)(H,30,31). The highest BCUT2D eigenvalue weighted by Gasteiger charge is 2.19. The number of hydrogen-bond acceptors (Lipinski definition) is 6. The fraction of sp³-hybridized carbons (Fsp3) is 0.125. The zero-order valence-corrected chi connectivity index (χ0v) is 18.9. The lowest BCUT2D eigenvalue weighted by Crippen LogP contribution is -2.24. The fourth-order valence-electron chi connectivity index (χ4n) is 3.02. The second-order valence-electron chi connectivity index (χ2n) is 7.18. The fourth-order valence-corrected chi connectivity index (χ4v) is 4.03. The molecule has 3 rings (SSSR count). The van der Waals surface area contributed by atoms with Crippen molar-refractivity contribution in [3.63, 3.8) is 0 Å². The van der Waals surface area contributed by atoms with Crippen molar-refractivity contribution in [3.8, 4) is 0 Å². The minimum Gasteiger partial charge on any atom is -0.478 e. The molecular weight excluding hydrogens is 458 g/mol. The first-order chi connectivity index (χ1) is 16.3. The molecule has 0 fully saturated rings. The summed E-state index contributed by atoms with van der Waals surface area (Å²) in [5, 5.41) is 25.0. The van der Waals surface area contributed by atoms with E-state index in [9.17, 15) is 24.5 Å². The van der Waals surface area contributed by atoms with Gasteiger partial charge in [-0.1, -0.05) is 19.1 Å². The van der Waals surface area contributed by atoms with Crippen molar-refractivity contribution in [2.75, 3.05) is 10.6 Å². The van der Waals surface area contributed by atoms with Crippen LogP contribution in [0.5, 0.6) is 0 Å². The van der Waals surface area contributed by atoms with Gasteiger partial charge in [0.25, 0.3) is 11.6 Å². The number of non-ortho nitro benzene ring substituents is 1. The van der Waals surface area contributed by atoms with E-state index in [1.165, 1.54) is 60.3 Å². The lowest BCUT2D eigenvalue weighted by atomic mass is 10.2. The van der Waals surface area contributed by atoms with Crippen LogP contribution in [0, 0.1) is 10.1 Å². The summed E-state index contributed by atoms with van der Waals surface area (Å²) in [5.41, 5.74) is 1.09. The summed E-state index contributed by atoms with van der Waals surface area (Å²) in [5.74, 6) is -1.76. The number of anilines is 2. The number of nitro benzene ring substituents is 1. The molecule has 9 nitrogen and oxygen atoms in total. The molecule has 0 aliphatic heterocycles. The molecule has 0 bridgehead atoms. The van der Waals surface area contributed by atoms with E-state index < -0.39 is 22.0 Å². The Morgan fingerprint density at radius 1 is 0.941 bits per heavy atom. The predicted octanol–water partition coefficient (Wildman–Crippen LogP) is 5.05. The van der Waals surface area contributed by atoms with Gasteiger partial charge < -0.3 is 15.7 Å². The van der Waals surface area contributed by atoms with Crippen LogP contribution in [0.1, 0.15) is 34.1 Å². The summed E-state index contributed by atoms with van der Waals surface area (Å²) in [6.07, 6.45) is 0.536. The van der Waals surface area contributed by atoms with Crippen molar-refractivity contribution in [1.29, 1.82) is 0 Å². The normalized spacial score (nSPS) is 11.3. The number of carbonyl (C=O) groups excluding carboxylic acids is 2. The third kappa shape index (κ3) is 6.42. The van der Waals surface area contributed by atoms with Gasteiger partial charge in [0.2, 0.25) is 5.91 Å². The number of carboxylic acid groups (broad SMARTS) is 1. The molecular formula is C24H21N3O6S. The van der Waals surface area contributed by atoms with Gasteiger partial charge in [-0.05, 0) is 55.0 Å². The summed E-state index contributed by atoms with van der Waals surface area (Å²) in [4.78, 5) is 47.3. The number of benzene rings is 3. The van der Waals surface area contributed by atoms with Gasteiger partial charge in [-0.25, -0.2) is 4.79 Å². The molecule has 2 amide bonds. The number of nitrogens with one attached hydrogen (secondary N) is 2. The van der Waals surface area contributed by atoms with Crippen molar-refractivity contribution in [2.24, 2.45) is 0 Å². The van der Waals surface area contributed by atoms with Gasteiger partial charge in [-0.2, -0.15) is 0 Å². The number of hydrogen-bond donors (Lipinski definition) is 3. The first kappa shape index (κ1) is 24.5. The summed E-state index contributed by atoms with van der Waals surface area (Å²) in [7, 11) is 0. The summed E-state index contributed by atoms with van der Waals surface area (Å²) in [6.45, 7) is 1.87. The molecule has 0 aliphatic carbocycles. The van der Waals surface area contributed by atoms with Crippen LogP contribution in [-0.2, 0) is 4.79 Å². The van der Waals surface area contributed by atoms with E-state index in [0.717, 1.165) is 4.90 Å². The maximum atomic E-state index is 12.7. The Balaban J connectivity index is 1.66. The van der Waals surface area contributed by atoms with Crippen LogP contribution in [-0.4, -0.2) is 33.1 Å². The van der Waals surface area contributed by atoms with Gasteiger partial charge in [-0.15, -0.1) is 11.8 Å². The average Bonchev–Trinajstić information content (AvgIpc) is 2.83. The number of nitro groups is 1. The van der Waals surface area contributed by atoms with E-state index in [4.69, 9.17) is 5.11 Å². The Labute approximate surface area is 199 Å². The molecule has 0 aromatic heterocycles. The Bertz CT molecular complexity index is 1230. The highest BCUT2D eigenvalue weighted by atomic mass is 32.2. The zero-order chi connectivity index (χ0) is 24.7. The smallest absolute Gasteiger partial charge is 0.335 e. The SMILES string of the molecule is CCC(Sc1cccc(NC(=O)c2cccc([N+](=O)[O-])c2)c1)C(=O)Nc1ccc(C(=O)O)cc1. The number of carboxylic acids is 1. The van der Waals surface area contributed by atoms with Crippen LogP contribution < -0.4 is 10.6 Å². The van der Waals surface area contributed by atoms with Crippen LogP contribution in [0.2, 0.25) is 0 Å². The van der Waals surface area contributed by atoms with Crippen LogP contribution in [0.15, 0.2) is 77.7 Å². The largest absolute Gasteiger partial charge is 0.478 e. The molecule has 1 atom stereocenters. The summed E-state index contributed by atoms with van der Waals surface area (Å²) >= 11 is 1.32. The third-order valence-electron chi connectivity index (χ3n) is 4.75. The second kappa shape index (κ2) is 11.1. The maximum absolute atomic E-state index is 12.7. The molecule has 0 saturated heterocycles. The van der Waals surface area contributed by atoms with E-state index in [1.54, 1.807) is 18.2 Å². The van der Waals surface area contributed by atoms with E-state index in [2.05, 4.69) is 10.6 Å². The van der Waals surface area contributed by atoms with Gasteiger partial charge in [0.1, 0.15) is 0 Å². The van der Waals surface area contributed by atoms with Crippen molar-refractivity contribution >= 4 is 46.6 Å². The van der Waals surface area contributed by atoms with Crippen molar-refractivity contribution in [1.82, 2.24) is 0 Å². The van der Waals surface area contributed by atoms with E-state index in [-0.39, 0.29) is 22.7 Å². The van der Waals surface area contributed by atoms with Gasteiger partial charge >= 0.3 is 5.97 Å². The lowest BCUT2D eigenvalue weighted by Gasteiger charge is -2.15. The van der Waals surface area contributed by atoms with Crippen molar-refractivity contribution < 1.29 is 24.4 Å². The van der Waals surface area contributed by atoms with E-state index >= 15 is 0 Å². The molecule has 0 radical (unpaired) electrons. The van der Waals surface area contributed by atoms with Gasteiger partial charge in [0, 0.05) is 34.0 Å². The molecule has 34 heavy (non-hydrogen) atoms. The van der Waals surface area contributed by atoms with E-state index in [1.807, 2.05) is 13.0 Å². The average molecular weight is 480 g/mol. The molecule has 1 unspecified atom stereocenters. The number of aromatic carboxylic acids is 1. The number of rotatable bonds is 9. The number of amides is 2. The van der Waals surface area contributed by atoms with Crippen molar-refractivity contribution in [2.45, 2.75) is 23.5 Å². The minimum absolute atomic E-state index is 0.128. The molecule has 0 heterocycles. The van der Waals surface area contributed by atoms with Gasteiger partial charge in [0.15, 0.2) is 0 Å². The van der Waals surface area contributed by atoms with Gasteiger partial charge in [-0.3, -0.25) is 19.7 Å². The van der Waals surface area contributed by atoms with Crippen LogP contribution in [0.25, 0.3) is 0 Å². The summed E-state index contributed by atoms with van der Waals surface area (Å²) in [6, 6.07) is 18.3. The first-order valence-corrected chi connectivity index (χ1v) is 11.1. The molecule has 3 aromatic carbocycles. The third-order valence-corrected chi connectivity index (χ3v) is 6.11. The molecule has 174 valence electrons. The maximum Gasteiger partial charge on any atom is 0.335 e. The zero-order valence-electron chi connectivity index (χ0n) is 18.1. The minimum atomic E-state index is -1.04. The first-order valence-electron chi connectivity index (χ1n) is 10.2.